The molecule has 178 valence electrons. The van der Waals surface area contributed by atoms with Crippen molar-refractivity contribution in [2.45, 2.75) is 45.2 Å². The molecule has 0 N–H and O–H groups in total. The Morgan fingerprint density at radius 1 is 1.09 bits per heavy atom. The van der Waals surface area contributed by atoms with Crippen molar-refractivity contribution < 1.29 is 9.53 Å². The lowest BCUT2D eigenvalue weighted by Gasteiger charge is -2.22. The normalized spacial score (nSPS) is 15.5. The number of thiophene rings is 1. The van der Waals surface area contributed by atoms with E-state index in [1.807, 2.05) is 23.3 Å². The van der Waals surface area contributed by atoms with Crippen molar-refractivity contribution in [2.75, 3.05) is 18.0 Å². The van der Waals surface area contributed by atoms with Crippen molar-refractivity contribution in [1.29, 1.82) is 0 Å². The first-order valence-corrected chi connectivity index (χ1v) is 13.2. The SMILES string of the molecule is Cc1ccsc1OC(=O)N(Cc1cccc(-c2ccc3ncnc(N4CCCC4)c3c2)c1)C1CC1. The number of hydrogen-bond acceptors (Lipinski definition) is 6. The molecule has 1 saturated carbocycles. The Kier molecular flexibility index (Phi) is 5.86. The molecule has 1 amide bonds. The van der Waals surface area contributed by atoms with E-state index >= 15 is 0 Å². The smallest absolute Gasteiger partial charge is 0.399 e. The zero-order valence-corrected chi connectivity index (χ0v) is 20.6. The van der Waals surface area contributed by atoms with Gasteiger partial charge in [-0.15, -0.1) is 11.3 Å². The van der Waals surface area contributed by atoms with Crippen LogP contribution in [0.1, 0.15) is 36.8 Å². The molecule has 1 aliphatic heterocycles. The molecule has 2 aliphatic rings. The van der Waals surface area contributed by atoms with Gasteiger partial charge in [-0.2, -0.15) is 0 Å². The van der Waals surface area contributed by atoms with Crippen LogP contribution < -0.4 is 9.64 Å². The van der Waals surface area contributed by atoms with E-state index in [2.05, 4.69) is 57.3 Å². The minimum atomic E-state index is -0.262. The predicted octanol–water partition coefficient (Wildman–Crippen LogP) is 6.43. The first-order valence-electron chi connectivity index (χ1n) is 12.3. The third-order valence-corrected chi connectivity index (χ3v) is 7.74. The molecule has 0 unspecified atom stereocenters. The van der Waals surface area contributed by atoms with E-state index < -0.39 is 0 Å². The lowest BCUT2D eigenvalue weighted by Crippen LogP contribution is -2.34. The number of ether oxygens (including phenoxy) is 1. The number of hydrogen-bond donors (Lipinski definition) is 0. The Morgan fingerprint density at radius 2 is 1.91 bits per heavy atom. The van der Waals surface area contributed by atoms with E-state index in [0.29, 0.717) is 11.6 Å². The summed E-state index contributed by atoms with van der Waals surface area (Å²) in [5.41, 5.74) is 5.31. The Labute approximate surface area is 209 Å². The molecule has 4 aromatic rings. The van der Waals surface area contributed by atoms with Gasteiger partial charge in [0.25, 0.3) is 0 Å². The molecule has 6 nitrogen and oxygen atoms in total. The Hall–Kier alpha value is -3.45. The number of anilines is 1. The van der Waals surface area contributed by atoms with Crippen LogP contribution in [0, 0.1) is 6.92 Å². The summed E-state index contributed by atoms with van der Waals surface area (Å²) in [4.78, 5) is 26.4. The van der Waals surface area contributed by atoms with Crippen LogP contribution in [0.5, 0.6) is 5.06 Å². The molecule has 2 aromatic carbocycles. The van der Waals surface area contributed by atoms with Gasteiger partial charge in [-0.1, -0.05) is 24.3 Å². The van der Waals surface area contributed by atoms with Gasteiger partial charge >= 0.3 is 6.09 Å². The number of amides is 1. The molecule has 35 heavy (non-hydrogen) atoms. The number of fused-ring (bicyclic) bond motifs is 1. The highest BCUT2D eigenvalue weighted by Crippen LogP contribution is 2.33. The van der Waals surface area contributed by atoms with Crippen LogP contribution >= 0.6 is 11.3 Å². The number of rotatable bonds is 6. The first kappa shape index (κ1) is 22.0. The van der Waals surface area contributed by atoms with Gasteiger partial charge in [-0.3, -0.25) is 0 Å². The molecule has 0 atom stereocenters. The van der Waals surface area contributed by atoms with E-state index in [9.17, 15) is 4.79 Å². The quantitative estimate of drug-likeness (QED) is 0.316. The largest absolute Gasteiger partial charge is 0.416 e. The van der Waals surface area contributed by atoms with Crippen molar-refractivity contribution in [3.8, 4) is 16.2 Å². The number of aryl methyl sites for hydroxylation is 1. The Bertz CT molecular complexity index is 1370. The number of benzene rings is 2. The number of nitrogens with zero attached hydrogens (tertiary/aromatic N) is 4. The third-order valence-electron chi connectivity index (χ3n) is 6.85. The lowest BCUT2D eigenvalue weighted by molar-refractivity contribution is 0.147. The first-order chi connectivity index (χ1) is 17.2. The summed E-state index contributed by atoms with van der Waals surface area (Å²) in [6.07, 6.45) is 5.88. The fourth-order valence-electron chi connectivity index (χ4n) is 4.78. The molecular formula is C28H28N4O2S. The van der Waals surface area contributed by atoms with E-state index in [-0.39, 0.29) is 12.1 Å². The maximum absolute atomic E-state index is 13.0. The van der Waals surface area contributed by atoms with Gasteiger partial charge in [-0.25, -0.2) is 14.8 Å². The molecule has 2 fully saturated rings. The molecule has 2 aromatic heterocycles. The van der Waals surface area contributed by atoms with Gasteiger partial charge in [0, 0.05) is 36.6 Å². The number of carbonyl (C=O) groups is 1. The third kappa shape index (κ3) is 4.60. The van der Waals surface area contributed by atoms with Crippen LogP contribution in [0.25, 0.3) is 22.0 Å². The second kappa shape index (κ2) is 9.30. The highest BCUT2D eigenvalue weighted by Gasteiger charge is 2.34. The second-order valence-electron chi connectivity index (χ2n) is 9.44. The van der Waals surface area contributed by atoms with Crippen molar-refractivity contribution in [1.82, 2.24) is 14.9 Å². The zero-order valence-electron chi connectivity index (χ0n) is 19.8. The topological polar surface area (TPSA) is 58.6 Å². The zero-order chi connectivity index (χ0) is 23.8. The minimum Gasteiger partial charge on any atom is -0.399 e. The highest BCUT2D eigenvalue weighted by molar-refractivity contribution is 7.12. The minimum absolute atomic E-state index is 0.257. The van der Waals surface area contributed by atoms with Gasteiger partial charge in [0.15, 0.2) is 5.06 Å². The number of carbonyl (C=O) groups excluding carboxylic acids is 1. The Balaban J connectivity index is 1.27. The molecule has 3 heterocycles. The molecule has 0 spiro atoms. The predicted molar refractivity (Wildman–Crippen MR) is 140 cm³/mol. The molecule has 1 saturated heterocycles. The average molecular weight is 485 g/mol. The molecular weight excluding hydrogens is 456 g/mol. The summed E-state index contributed by atoms with van der Waals surface area (Å²) in [5, 5.41) is 3.72. The maximum atomic E-state index is 13.0. The summed E-state index contributed by atoms with van der Waals surface area (Å²) in [6.45, 7) is 4.60. The molecule has 7 heteroatoms. The van der Waals surface area contributed by atoms with Crippen molar-refractivity contribution >= 4 is 34.2 Å². The van der Waals surface area contributed by atoms with Gasteiger partial charge < -0.3 is 14.5 Å². The van der Waals surface area contributed by atoms with Crippen molar-refractivity contribution in [3.63, 3.8) is 0 Å². The highest BCUT2D eigenvalue weighted by atomic mass is 32.1. The van der Waals surface area contributed by atoms with Crippen molar-refractivity contribution in [2.24, 2.45) is 0 Å². The lowest BCUT2D eigenvalue weighted by atomic mass is 10.0. The summed E-state index contributed by atoms with van der Waals surface area (Å²) in [6, 6.07) is 17.1. The van der Waals surface area contributed by atoms with Crippen LogP contribution in [-0.2, 0) is 6.54 Å². The van der Waals surface area contributed by atoms with Gasteiger partial charge in [0.2, 0.25) is 0 Å². The van der Waals surface area contributed by atoms with Gasteiger partial charge in [-0.05, 0) is 78.9 Å². The van der Waals surface area contributed by atoms with Crippen LogP contribution in [0.15, 0.2) is 60.2 Å². The molecule has 6 rings (SSSR count). The monoisotopic (exact) mass is 484 g/mol. The fraction of sp³-hybridized carbons (Fsp3) is 0.321. The van der Waals surface area contributed by atoms with Crippen molar-refractivity contribution in [3.05, 3.63) is 71.4 Å². The Morgan fingerprint density at radius 3 is 2.69 bits per heavy atom. The summed E-state index contributed by atoms with van der Waals surface area (Å²) in [5.74, 6) is 1.03. The average Bonchev–Trinajstić information content (AvgIpc) is 3.42. The van der Waals surface area contributed by atoms with E-state index in [0.717, 1.165) is 64.9 Å². The van der Waals surface area contributed by atoms with E-state index in [4.69, 9.17) is 4.74 Å². The standard InChI is InChI=1S/C28H28N4O2S/c1-19-11-14-35-27(19)34-28(33)32(23-8-9-23)17-20-5-4-6-21(15-20)22-7-10-25-24(16-22)26(30-18-29-25)31-12-2-3-13-31/h4-7,10-11,14-16,18,23H,2-3,8-9,12-13,17H2,1H3. The van der Waals surface area contributed by atoms with Crippen LogP contribution in [0.4, 0.5) is 10.6 Å². The van der Waals surface area contributed by atoms with E-state index in [1.54, 1.807) is 6.33 Å². The maximum Gasteiger partial charge on any atom is 0.416 e. The molecule has 0 radical (unpaired) electrons. The second-order valence-corrected chi connectivity index (χ2v) is 10.3. The molecule has 0 bridgehead atoms. The van der Waals surface area contributed by atoms with E-state index in [1.165, 1.54) is 24.2 Å². The van der Waals surface area contributed by atoms with Crippen LogP contribution in [-0.4, -0.2) is 40.1 Å². The van der Waals surface area contributed by atoms with Gasteiger partial charge in [0.05, 0.1) is 5.52 Å². The molecule has 1 aliphatic carbocycles. The fourth-order valence-corrected chi connectivity index (χ4v) is 5.55. The summed E-state index contributed by atoms with van der Waals surface area (Å²) < 4.78 is 5.73. The summed E-state index contributed by atoms with van der Waals surface area (Å²) >= 11 is 1.46. The van der Waals surface area contributed by atoms with Crippen LogP contribution in [0.3, 0.4) is 0 Å². The van der Waals surface area contributed by atoms with Gasteiger partial charge in [0.1, 0.15) is 12.1 Å². The summed E-state index contributed by atoms with van der Waals surface area (Å²) in [7, 11) is 0. The van der Waals surface area contributed by atoms with Crippen LogP contribution in [0.2, 0.25) is 0 Å². The number of aromatic nitrogens is 2.